The van der Waals surface area contributed by atoms with Crippen molar-refractivity contribution in [1.82, 2.24) is 0 Å². The summed E-state index contributed by atoms with van der Waals surface area (Å²) in [6.45, 7) is 1.37. The van der Waals surface area contributed by atoms with Crippen molar-refractivity contribution < 1.29 is 19.0 Å². The zero-order valence-electron chi connectivity index (χ0n) is 10.1. The minimum absolute atomic E-state index is 0.302. The molecule has 2 rings (SSSR count). The number of hydrogen-bond acceptors (Lipinski definition) is 4. The maximum absolute atomic E-state index is 11.7. The van der Waals surface area contributed by atoms with Gasteiger partial charge in [-0.1, -0.05) is 17.7 Å². The summed E-state index contributed by atoms with van der Waals surface area (Å²) in [5.41, 5.74) is 1.28. The zero-order chi connectivity index (χ0) is 13.0. The Kier molecular flexibility index (Phi) is 4.58. The number of esters is 1. The molecule has 0 amide bonds. The quantitative estimate of drug-likeness (QED) is 0.792. The lowest BCUT2D eigenvalue weighted by Crippen LogP contribution is -2.27. The number of carbonyl (C=O) groups excluding carboxylic acids is 1. The molecule has 18 heavy (non-hydrogen) atoms. The van der Waals surface area contributed by atoms with E-state index in [9.17, 15) is 4.79 Å². The molecule has 1 aromatic carbocycles. The molecule has 0 aromatic heterocycles. The van der Waals surface area contributed by atoms with Crippen LogP contribution in [0.5, 0.6) is 0 Å². The lowest BCUT2D eigenvalue weighted by Gasteiger charge is -2.23. The van der Waals surface area contributed by atoms with Crippen molar-refractivity contribution in [2.24, 2.45) is 0 Å². The number of rotatable bonds is 3. The number of methoxy groups -OCH3 is 1. The molecule has 5 heteroatoms. The van der Waals surface area contributed by atoms with Crippen molar-refractivity contribution in [3.8, 4) is 0 Å². The first-order chi connectivity index (χ1) is 8.70. The van der Waals surface area contributed by atoms with Crippen molar-refractivity contribution in [3.63, 3.8) is 0 Å². The summed E-state index contributed by atoms with van der Waals surface area (Å²) in [5, 5.41) is 0.504. The van der Waals surface area contributed by atoms with Gasteiger partial charge in [-0.05, 0) is 24.1 Å². The fourth-order valence-corrected chi connectivity index (χ4v) is 2.03. The van der Waals surface area contributed by atoms with Gasteiger partial charge in [0.25, 0.3) is 0 Å². The smallest absolute Gasteiger partial charge is 0.338 e. The summed E-state index contributed by atoms with van der Waals surface area (Å²) in [6.07, 6.45) is 1.12. The molecule has 4 nitrogen and oxygen atoms in total. The average Bonchev–Trinajstić information content (AvgIpc) is 2.41. The minimum Gasteiger partial charge on any atom is -0.465 e. The van der Waals surface area contributed by atoms with Crippen LogP contribution in [-0.4, -0.2) is 32.6 Å². The van der Waals surface area contributed by atoms with Crippen LogP contribution in [0.25, 0.3) is 0 Å². The number of ether oxygens (including phenoxy) is 3. The highest BCUT2D eigenvalue weighted by Crippen LogP contribution is 2.20. The lowest BCUT2D eigenvalue weighted by molar-refractivity contribution is -0.176. The van der Waals surface area contributed by atoms with E-state index in [1.54, 1.807) is 18.2 Å². The predicted octanol–water partition coefficient (Wildman–Crippen LogP) is 2.43. The molecule has 1 aliphatic heterocycles. The van der Waals surface area contributed by atoms with Crippen LogP contribution >= 0.6 is 11.6 Å². The third-order valence-corrected chi connectivity index (χ3v) is 3.00. The van der Waals surface area contributed by atoms with Gasteiger partial charge in [0.15, 0.2) is 6.29 Å². The summed E-state index contributed by atoms with van der Waals surface area (Å²) in [6, 6.07) is 5.15. The second-order valence-electron chi connectivity index (χ2n) is 4.02. The van der Waals surface area contributed by atoms with Gasteiger partial charge in [-0.15, -0.1) is 0 Å². The Labute approximate surface area is 111 Å². The van der Waals surface area contributed by atoms with Crippen LogP contribution in [0.4, 0.5) is 0 Å². The van der Waals surface area contributed by atoms with Crippen LogP contribution < -0.4 is 0 Å². The van der Waals surface area contributed by atoms with Crippen molar-refractivity contribution >= 4 is 17.6 Å². The Bertz CT molecular complexity index is 427. The molecule has 0 radical (unpaired) electrons. The third-order valence-electron chi connectivity index (χ3n) is 2.76. The number of halogens is 1. The molecule has 0 aliphatic carbocycles. The van der Waals surface area contributed by atoms with E-state index >= 15 is 0 Å². The molecule has 0 N–H and O–H groups in total. The summed E-state index contributed by atoms with van der Waals surface area (Å²) in [5.74, 6) is -0.400. The number of carbonyl (C=O) groups is 1. The van der Waals surface area contributed by atoms with Crippen LogP contribution in [0.2, 0.25) is 5.02 Å². The predicted molar refractivity (Wildman–Crippen MR) is 66.8 cm³/mol. The van der Waals surface area contributed by atoms with Gasteiger partial charge >= 0.3 is 5.97 Å². The summed E-state index contributed by atoms with van der Waals surface area (Å²) in [4.78, 5) is 11.7. The molecule has 1 aromatic rings. The number of benzene rings is 1. The van der Waals surface area contributed by atoms with Gasteiger partial charge in [0.2, 0.25) is 0 Å². The molecule has 1 fully saturated rings. The zero-order valence-corrected chi connectivity index (χ0v) is 10.9. The van der Waals surface area contributed by atoms with E-state index in [1.807, 2.05) is 0 Å². The average molecular weight is 271 g/mol. The Morgan fingerprint density at radius 2 is 2.17 bits per heavy atom. The van der Waals surface area contributed by atoms with E-state index in [-0.39, 0.29) is 6.29 Å². The molecular formula is C13H15ClO4. The second kappa shape index (κ2) is 6.18. The van der Waals surface area contributed by atoms with Crippen molar-refractivity contribution in [3.05, 3.63) is 34.3 Å². The van der Waals surface area contributed by atoms with Crippen LogP contribution in [0.3, 0.4) is 0 Å². The lowest BCUT2D eigenvalue weighted by atomic mass is 10.0. The van der Waals surface area contributed by atoms with Gasteiger partial charge in [-0.2, -0.15) is 0 Å². The first-order valence-electron chi connectivity index (χ1n) is 5.80. The second-order valence-corrected chi connectivity index (χ2v) is 4.46. The van der Waals surface area contributed by atoms with Crippen LogP contribution in [0.1, 0.15) is 22.3 Å². The Morgan fingerprint density at radius 3 is 2.83 bits per heavy atom. The molecule has 0 saturated carbocycles. The molecule has 0 unspecified atom stereocenters. The van der Waals surface area contributed by atoms with Crippen molar-refractivity contribution in [2.45, 2.75) is 19.1 Å². The van der Waals surface area contributed by atoms with Gasteiger partial charge < -0.3 is 14.2 Å². The monoisotopic (exact) mass is 270 g/mol. The van der Waals surface area contributed by atoms with Crippen molar-refractivity contribution in [2.75, 3.05) is 20.3 Å². The van der Waals surface area contributed by atoms with Crippen LogP contribution in [0, 0.1) is 0 Å². The summed E-state index contributed by atoms with van der Waals surface area (Å²) < 4.78 is 15.7. The summed E-state index contributed by atoms with van der Waals surface area (Å²) in [7, 11) is 1.35. The first kappa shape index (κ1) is 13.3. The molecule has 1 heterocycles. The first-order valence-corrected chi connectivity index (χ1v) is 6.18. The van der Waals surface area contributed by atoms with Gasteiger partial charge in [0.05, 0.1) is 25.9 Å². The molecule has 1 saturated heterocycles. The van der Waals surface area contributed by atoms with Gasteiger partial charge in [0.1, 0.15) is 0 Å². The molecule has 0 bridgehead atoms. The number of hydrogen-bond donors (Lipinski definition) is 0. The highest BCUT2D eigenvalue weighted by atomic mass is 35.5. The van der Waals surface area contributed by atoms with E-state index in [0.29, 0.717) is 30.2 Å². The maximum Gasteiger partial charge on any atom is 0.338 e. The largest absolute Gasteiger partial charge is 0.465 e. The normalized spacial score (nSPS) is 16.6. The van der Waals surface area contributed by atoms with Crippen molar-refractivity contribution in [1.29, 1.82) is 0 Å². The maximum atomic E-state index is 11.7. The molecule has 0 atom stereocenters. The standard InChI is InChI=1S/C13H15ClO4/c1-16-13(15)11-8-10(14)4-3-9(11)7-12-17-5-2-6-18-12/h3-4,8,12H,2,5-7H2,1H3. The Morgan fingerprint density at radius 1 is 1.44 bits per heavy atom. The van der Waals surface area contributed by atoms with E-state index in [0.717, 1.165) is 12.0 Å². The van der Waals surface area contributed by atoms with Gasteiger partial charge in [-0.25, -0.2) is 4.79 Å². The Hall–Kier alpha value is -1.10. The van der Waals surface area contributed by atoms with E-state index in [1.165, 1.54) is 7.11 Å². The van der Waals surface area contributed by atoms with E-state index in [2.05, 4.69) is 0 Å². The SMILES string of the molecule is COC(=O)c1cc(Cl)ccc1CC1OCCCO1. The molecule has 0 spiro atoms. The molecule has 98 valence electrons. The topological polar surface area (TPSA) is 44.8 Å². The highest BCUT2D eigenvalue weighted by Gasteiger charge is 2.19. The van der Waals surface area contributed by atoms with Crippen LogP contribution in [0.15, 0.2) is 18.2 Å². The molecule has 1 aliphatic rings. The Balaban J connectivity index is 2.17. The van der Waals surface area contributed by atoms with E-state index < -0.39 is 5.97 Å². The fourth-order valence-electron chi connectivity index (χ4n) is 1.86. The molecular weight excluding hydrogens is 256 g/mol. The van der Waals surface area contributed by atoms with Gasteiger partial charge in [0, 0.05) is 11.4 Å². The fraction of sp³-hybridized carbons (Fsp3) is 0.462. The minimum atomic E-state index is -0.400. The summed E-state index contributed by atoms with van der Waals surface area (Å²) >= 11 is 5.89. The van der Waals surface area contributed by atoms with Crippen LogP contribution in [-0.2, 0) is 20.6 Å². The highest BCUT2D eigenvalue weighted by molar-refractivity contribution is 6.31. The third kappa shape index (κ3) is 3.22. The van der Waals surface area contributed by atoms with Gasteiger partial charge in [-0.3, -0.25) is 0 Å². The van der Waals surface area contributed by atoms with E-state index in [4.69, 9.17) is 25.8 Å².